The Kier molecular flexibility index (Phi) is 20.4. The summed E-state index contributed by atoms with van der Waals surface area (Å²) in [5.41, 5.74) is 1.52. The van der Waals surface area contributed by atoms with Crippen molar-refractivity contribution >= 4 is 0 Å². The quantitative estimate of drug-likeness (QED) is 0.140. The van der Waals surface area contributed by atoms with Gasteiger partial charge >= 0.3 is 0 Å². The molecule has 182 valence electrons. The van der Waals surface area contributed by atoms with E-state index in [0.29, 0.717) is 0 Å². The van der Waals surface area contributed by atoms with Gasteiger partial charge in [-0.25, -0.2) is 0 Å². The lowest BCUT2D eigenvalue weighted by Gasteiger charge is -2.39. The highest BCUT2D eigenvalue weighted by molar-refractivity contribution is 5.13. The van der Waals surface area contributed by atoms with Crippen LogP contribution in [0.5, 0.6) is 0 Å². The molecule has 0 aliphatic carbocycles. The molecule has 0 aliphatic rings. The molecule has 0 atom stereocenters. The lowest BCUT2D eigenvalue weighted by molar-refractivity contribution is -0.941. The lowest BCUT2D eigenvalue weighted by atomic mass is 10.0. The van der Waals surface area contributed by atoms with Crippen molar-refractivity contribution in [2.24, 2.45) is 0 Å². The highest BCUT2D eigenvalue weighted by atomic mass is 16.0. The van der Waals surface area contributed by atoms with Crippen LogP contribution in [0.25, 0.3) is 0 Å². The van der Waals surface area contributed by atoms with Crippen molar-refractivity contribution in [3.05, 3.63) is 35.9 Å². The topological polar surface area (TPSA) is 30.0 Å². The van der Waals surface area contributed by atoms with Crippen LogP contribution in [0.4, 0.5) is 0 Å². The second kappa shape index (κ2) is 21.0. The molecule has 0 amide bonds. The lowest BCUT2D eigenvalue weighted by Crippen LogP contribution is -2.49. The number of unbranched alkanes of at least 4 members (excludes halogenated alkanes) is 13. The number of hydrogen-bond acceptors (Lipinski definition) is 1. The zero-order valence-electron chi connectivity index (χ0n) is 21.4. The molecule has 2 nitrogen and oxygen atoms in total. The van der Waals surface area contributed by atoms with Gasteiger partial charge in [0.05, 0.1) is 19.6 Å². The summed E-state index contributed by atoms with van der Waals surface area (Å²) in [5.74, 6) is 0. The van der Waals surface area contributed by atoms with Crippen molar-refractivity contribution in [3.8, 4) is 0 Å². The summed E-state index contributed by atoms with van der Waals surface area (Å²) in [6.07, 6.45) is 22.9. The van der Waals surface area contributed by atoms with Gasteiger partial charge in [0.1, 0.15) is 6.54 Å². The second-order valence-electron chi connectivity index (χ2n) is 9.75. The third-order valence-electron chi connectivity index (χ3n) is 6.74. The summed E-state index contributed by atoms with van der Waals surface area (Å²) in [5, 5.41) is 0. The first kappa shape index (κ1) is 30.1. The van der Waals surface area contributed by atoms with Crippen molar-refractivity contribution < 1.29 is 9.96 Å². The Morgan fingerprint density at radius 3 is 1.32 bits per heavy atom. The third-order valence-corrected chi connectivity index (χ3v) is 6.74. The van der Waals surface area contributed by atoms with Crippen LogP contribution in [0.15, 0.2) is 30.3 Å². The van der Waals surface area contributed by atoms with Gasteiger partial charge in [0.15, 0.2) is 0 Å². The Labute approximate surface area is 195 Å². The Bertz CT molecular complexity index is 467. The maximum atomic E-state index is 2.36. The molecule has 0 saturated carbocycles. The molecule has 1 N–H and O–H groups in total. The van der Waals surface area contributed by atoms with E-state index in [2.05, 4.69) is 51.1 Å². The van der Waals surface area contributed by atoms with E-state index in [9.17, 15) is 0 Å². The second-order valence-corrected chi connectivity index (χ2v) is 9.75. The van der Waals surface area contributed by atoms with Crippen molar-refractivity contribution in [1.29, 1.82) is 0 Å². The Hall–Kier alpha value is -0.860. The maximum Gasteiger partial charge on any atom is 0.104 e. The number of rotatable bonds is 21. The smallest absolute Gasteiger partial charge is 0.104 e. The molecule has 1 aromatic carbocycles. The molecule has 0 spiro atoms. The van der Waals surface area contributed by atoms with Gasteiger partial charge < -0.3 is 9.96 Å². The van der Waals surface area contributed by atoms with E-state index in [1.165, 1.54) is 139 Å². The molecule has 0 saturated heterocycles. The summed E-state index contributed by atoms with van der Waals surface area (Å²) in [4.78, 5) is 0. The average Bonchev–Trinajstić information content (AvgIpc) is 2.75. The van der Waals surface area contributed by atoms with Crippen LogP contribution in [0.3, 0.4) is 0 Å². The minimum atomic E-state index is 0. The fourth-order valence-electron chi connectivity index (χ4n) is 5.13. The molecule has 0 unspecified atom stereocenters. The number of hydrogen-bond donors (Lipinski definition) is 0. The van der Waals surface area contributed by atoms with Crippen LogP contribution in [-0.2, 0) is 6.54 Å². The van der Waals surface area contributed by atoms with E-state index < -0.39 is 0 Å². The molecule has 31 heavy (non-hydrogen) atoms. The van der Waals surface area contributed by atoms with Crippen LogP contribution in [0.2, 0.25) is 0 Å². The van der Waals surface area contributed by atoms with Gasteiger partial charge in [-0.2, -0.15) is 0 Å². The predicted octanol–water partition coefficient (Wildman–Crippen LogP) is 9.13. The minimum Gasteiger partial charge on any atom is -0.870 e. The highest BCUT2D eigenvalue weighted by Gasteiger charge is 2.25. The Balaban J connectivity index is 0.00000900. The van der Waals surface area contributed by atoms with E-state index >= 15 is 0 Å². The van der Waals surface area contributed by atoms with Crippen molar-refractivity contribution in [1.82, 2.24) is 0 Å². The van der Waals surface area contributed by atoms with Crippen molar-refractivity contribution in [3.63, 3.8) is 0 Å². The van der Waals surface area contributed by atoms with Gasteiger partial charge in [-0.1, -0.05) is 128 Å². The van der Waals surface area contributed by atoms with Crippen LogP contribution in [-0.4, -0.2) is 29.6 Å². The fourth-order valence-corrected chi connectivity index (χ4v) is 5.13. The molecule has 0 bridgehead atoms. The van der Waals surface area contributed by atoms with E-state index in [0.717, 1.165) is 0 Å². The molecule has 0 aliphatic heterocycles. The summed E-state index contributed by atoms with van der Waals surface area (Å²) in [6.45, 7) is 12.3. The molecular formula is C29H55NO. The molecule has 0 aromatic heterocycles. The largest absolute Gasteiger partial charge is 0.870 e. The predicted molar refractivity (Wildman–Crippen MR) is 138 cm³/mol. The number of quaternary nitrogens is 1. The Morgan fingerprint density at radius 1 is 0.484 bits per heavy atom. The van der Waals surface area contributed by atoms with Crippen LogP contribution < -0.4 is 0 Å². The van der Waals surface area contributed by atoms with Gasteiger partial charge in [0.2, 0.25) is 0 Å². The zero-order chi connectivity index (χ0) is 21.8. The zero-order valence-corrected chi connectivity index (χ0v) is 21.4. The SMILES string of the molecule is CCCCCCCCCCCCCCCC[N+](CCC)(CCC)Cc1ccccc1.[OH-]. The first-order chi connectivity index (χ1) is 14.8. The summed E-state index contributed by atoms with van der Waals surface area (Å²) in [7, 11) is 0. The van der Waals surface area contributed by atoms with Gasteiger partial charge in [-0.3, -0.25) is 0 Å². The highest BCUT2D eigenvalue weighted by Crippen LogP contribution is 2.20. The molecule has 2 heteroatoms. The fraction of sp³-hybridized carbons (Fsp3) is 0.793. The molecule has 1 aromatic rings. The van der Waals surface area contributed by atoms with Crippen molar-refractivity contribution in [2.75, 3.05) is 19.6 Å². The monoisotopic (exact) mass is 433 g/mol. The summed E-state index contributed by atoms with van der Waals surface area (Å²) < 4.78 is 1.30. The van der Waals surface area contributed by atoms with Gasteiger partial charge in [-0.05, 0) is 25.7 Å². The molecule has 0 radical (unpaired) electrons. The first-order valence-corrected chi connectivity index (χ1v) is 13.7. The molecule has 0 heterocycles. The van der Waals surface area contributed by atoms with Gasteiger partial charge in [-0.15, -0.1) is 0 Å². The average molecular weight is 434 g/mol. The van der Waals surface area contributed by atoms with Crippen molar-refractivity contribution in [2.45, 2.75) is 130 Å². The number of benzene rings is 1. The third kappa shape index (κ3) is 15.6. The summed E-state index contributed by atoms with van der Waals surface area (Å²) in [6, 6.07) is 11.2. The van der Waals surface area contributed by atoms with E-state index in [1.54, 1.807) is 0 Å². The van der Waals surface area contributed by atoms with Gasteiger partial charge in [0.25, 0.3) is 0 Å². The van der Waals surface area contributed by atoms with Crippen LogP contribution in [0.1, 0.15) is 129 Å². The Morgan fingerprint density at radius 2 is 0.903 bits per heavy atom. The van der Waals surface area contributed by atoms with E-state index in [1.807, 2.05) is 0 Å². The van der Waals surface area contributed by atoms with E-state index in [4.69, 9.17) is 0 Å². The molecule has 1 rings (SSSR count). The van der Waals surface area contributed by atoms with E-state index in [-0.39, 0.29) is 5.48 Å². The minimum absolute atomic E-state index is 0. The van der Waals surface area contributed by atoms with Gasteiger partial charge in [0, 0.05) is 5.56 Å². The normalized spacial score (nSPS) is 11.5. The molecule has 0 fully saturated rings. The standard InChI is InChI=1S/C29H54N.H2O/c1-4-7-8-9-10-11-12-13-14-15-16-17-18-22-27-30(25-5-2,26-6-3)28-29-23-20-19-21-24-29;/h19-21,23-24H,4-18,22,25-28H2,1-3H3;1H2/q+1;/p-1. The van der Waals surface area contributed by atoms with Crippen LogP contribution in [0, 0.1) is 0 Å². The van der Waals surface area contributed by atoms with Crippen LogP contribution >= 0.6 is 0 Å². The first-order valence-electron chi connectivity index (χ1n) is 13.7. The maximum absolute atomic E-state index is 2.36. The summed E-state index contributed by atoms with van der Waals surface area (Å²) >= 11 is 0. The molecular weight excluding hydrogens is 378 g/mol. The number of nitrogens with zero attached hydrogens (tertiary/aromatic N) is 1.